The van der Waals surface area contributed by atoms with Crippen LogP contribution in [0.25, 0.3) is 0 Å². The van der Waals surface area contributed by atoms with E-state index in [4.69, 9.17) is 11.6 Å². The van der Waals surface area contributed by atoms with E-state index in [9.17, 15) is 4.79 Å². The zero-order chi connectivity index (χ0) is 13.3. The minimum atomic E-state index is -0.153. The molecule has 1 heterocycles. The summed E-state index contributed by atoms with van der Waals surface area (Å²) in [6, 6.07) is 5.20. The number of nitrogens with zero attached hydrogens (tertiary/aromatic N) is 2. The third kappa shape index (κ3) is 2.54. The molecule has 0 aliphatic heterocycles. The summed E-state index contributed by atoms with van der Waals surface area (Å²) in [5.74, 6) is -0.153. The van der Waals surface area contributed by atoms with E-state index < -0.39 is 0 Å². The first-order chi connectivity index (χ1) is 8.47. The van der Waals surface area contributed by atoms with Gasteiger partial charge in [-0.2, -0.15) is 5.10 Å². The molecule has 94 valence electrons. The second kappa shape index (κ2) is 4.82. The van der Waals surface area contributed by atoms with Gasteiger partial charge in [-0.15, -0.1) is 0 Å². The van der Waals surface area contributed by atoms with Crippen LogP contribution in [0, 0.1) is 13.8 Å². The Morgan fingerprint density at radius 1 is 1.39 bits per heavy atom. The standard InChI is InChI=1S/C13H14ClN3O/c1-8-6-10(14)4-5-11(8)13(18)15-12-7-17(3)16-9(12)2/h4-7H,1-3H3,(H,15,18). The highest BCUT2D eigenvalue weighted by atomic mass is 35.5. The Hall–Kier alpha value is -1.81. The Morgan fingerprint density at radius 2 is 2.11 bits per heavy atom. The van der Waals surface area contributed by atoms with Gasteiger partial charge in [-0.1, -0.05) is 11.6 Å². The first kappa shape index (κ1) is 12.6. The molecule has 0 aliphatic carbocycles. The van der Waals surface area contributed by atoms with Gasteiger partial charge in [0.1, 0.15) is 0 Å². The fourth-order valence-electron chi connectivity index (χ4n) is 1.79. The van der Waals surface area contributed by atoms with Gasteiger partial charge in [0.05, 0.1) is 11.4 Å². The Balaban J connectivity index is 2.24. The summed E-state index contributed by atoms with van der Waals surface area (Å²) in [5, 5.41) is 7.64. The van der Waals surface area contributed by atoms with Crippen molar-refractivity contribution in [3.05, 3.63) is 46.2 Å². The molecule has 1 N–H and O–H groups in total. The number of carbonyl (C=O) groups is 1. The fourth-order valence-corrected chi connectivity index (χ4v) is 2.02. The summed E-state index contributed by atoms with van der Waals surface area (Å²) < 4.78 is 1.67. The van der Waals surface area contributed by atoms with E-state index in [1.807, 2.05) is 20.9 Å². The number of halogens is 1. The molecule has 0 spiro atoms. The number of benzene rings is 1. The maximum absolute atomic E-state index is 12.1. The molecule has 2 rings (SSSR count). The molecular weight excluding hydrogens is 250 g/mol. The SMILES string of the molecule is Cc1cc(Cl)ccc1C(=O)Nc1cn(C)nc1C. The minimum absolute atomic E-state index is 0.153. The molecular formula is C13H14ClN3O. The van der Waals surface area contributed by atoms with E-state index in [0.29, 0.717) is 10.6 Å². The van der Waals surface area contributed by atoms with Crippen LogP contribution in [0.5, 0.6) is 0 Å². The second-order valence-electron chi connectivity index (χ2n) is 4.22. The van der Waals surface area contributed by atoms with Gasteiger partial charge < -0.3 is 5.32 Å². The van der Waals surface area contributed by atoms with Crippen molar-refractivity contribution in [3.63, 3.8) is 0 Å². The highest BCUT2D eigenvalue weighted by molar-refractivity contribution is 6.30. The van der Waals surface area contributed by atoms with Crippen molar-refractivity contribution < 1.29 is 4.79 Å². The van der Waals surface area contributed by atoms with Crippen LogP contribution in [-0.4, -0.2) is 15.7 Å². The summed E-state index contributed by atoms with van der Waals surface area (Å²) in [5.41, 5.74) is 2.97. The van der Waals surface area contributed by atoms with E-state index in [1.165, 1.54) is 0 Å². The first-order valence-corrected chi connectivity index (χ1v) is 5.93. The molecule has 0 saturated heterocycles. The van der Waals surface area contributed by atoms with Crippen molar-refractivity contribution in [3.8, 4) is 0 Å². The van der Waals surface area contributed by atoms with Crippen molar-refractivity contribution in [2.24, 2.45) is 7.05 Å². The zero-order valence-corrected chi connectivity index (χ0v) is 11.2. The quantitative estimate of drug-likeness (QED) is 0.906. The molecule has 4 nitrogen and oxygen atoms in total. The number of hydrogen-bond donors (Lipinski definition) is 1. The van der Waals surface area contributed by atoms with Crippen LogP contribution in [0.4, 0.5) is 5.69 Å². The average molecular weight is 264 g/mol. The monoisotopic (exact) mass is 263 g/mol. The van der Waals surface area contributed by atoms with Gasteiger partial charge in [0.2, 0.25) is 0 Å². The summed E-state index contributed by atoms with van der Waals surface area (Å²) >= 11 is 5.87. The number of amides is 1. The largest absolute Gasteiger partial charge is 0.319 e. The second-order valence-corrected chi connectivity index (χ2v) is 4.65. The van der Waals surface area contributed by atoms with Crippen molar-refractivity contribution in [1.29, 1.82) is 0 Å². The molecule has 0 atom stereocenters. The zero-order valence-electron chi connectivity index (χ0n) is 10.5. The lowest BCUT2D eigenvalue weighted by atomic mass is 10.1. The average Bonchev–Trinajstić information content (AvgIpc) is 2.57. The number of hydrogen-bond acceptors (Lipinski definition) is 2. The number of aryl methyl sites for hydroxylation is 3. The Bertz CT molecular complexity index is 604. The molecule has 5 heteroatoms. The van der Waals surface area contributed by atoms with E-state index in [1.54, 1.807) is 29.1 Å². The number of rotatable bonds is 2. The third-order valence-corrected chi connectivity index (χ3v) is 2.93. The number of carbonyl (C=O) groups excluding carboxylic acids is 1. The van der Waals surface area contributed by atoms with Gasteiger partial charge in [-0.25, -0.2) is 0 Å². The number of anilines is 1. The normalized spacial score (nSPS) is 10.4. The van der Waals surface area contributed by atoms with E-state index >= 15 is 0 Å². The van der Waals surface area contributed by atoms with Crippen LogP contribution in [0.3, 0.4) is 0 Å². The summed E-state index contributed by atoms with van der Waals surface area (Å²) in [4.78, 5) is 12.1. The maximum atomic E-state index is 12.1. The molecule has 2 aromatic rings. The molecule has 18 heavy (non-hydrogen) atoms. The summed E-state index contributed by atoms with van der Waals surface area (Å²) in [6.45, 7) is 3.71. The van der Waals surface area contributed by atoms with Crippen LogP contribution in [-0.2, 0) is 7.05 Å². The van der Waals surface area contributed by atoms with Crippen LogP contribution < -0.4 is 5.32 Å². The molecule has 1 amide bonds. The molecule has 0 saturated carbocycles. The summed E-state index contributed by atoms with van der Waals surface area (Å²) in [6.07, 6.45) is 1.78. The topological polar surface area (TPSA) is 46.9 Å². The Morgan fingerprint density at radius 3 is 2.67 bits per heavy atom. The van der Waals surface area contributed by atoms with Crippen LogP contribution >= 0.6 is 11.6 Å². The molecule has 1 aromatic carbocycles. The summed E-state index contributed by atoms with van der Waals surface area (Å²) in [7, 11) is 1.82. The van der Waals surface area contributed by atoms with Gasteiger partial charge >= 0.3 is 0 Å². The van der Waals surface area contributed by atoms with Crippen molar-refractivity contribution in [2.45, 2.75) is 13.8 Å². The van der Waals surface area contributed by atoms with Gasteiger partial charge in [0.25, 0.3) is 5.91 Å². The Kier molecular flexibility index (Phi) is 3.39. The predicted molar refractivity (Wildman–Crippen MR) is 72.1 cm³/mol. The van der Waals surface area contributed by atoms with Crippen molar-refractivity contribution >= 4 is 23.2 Å². The third-order valence-electron chi connectivity index (χ3n) is 2.69. The van der Waals surface area contributed by atoms with Gasteiger partial charge in [-0.3, -0.25) is 9.48 Å². The smallest absolute Gasteiger partial charge is 0.256 e. The molecule has 0 bridgehead atoms. The minimum Gasteiger partial charge on any atom is -0.319 e. The molecule has 0 fully saturated rings. The highest BCUT2D eigenvalue weighted by Crippen LogP contribution is 2.18. The highest BCUT2D eigenvalue weighted by Gasteiger charge is 2.12. The van der Waals surface area contributed by atoms with Crippen molar-refractivity contribution in [2.75, 3.05) is 5.32 Å². The number of nitrogens with one attached hydrogen (secondary N) is 1. The van der Waals surface area contributed by atoms with E-state index in [0.717, 1.165) is 16.9 Å². The molecule has 0 unspecified atom stereocenters. The first-order valence-electron chi connectivity index (χ1n) is 5.55. The number of aromatic nitrogens is 2. The van der Waals surface area contributed by atoms with Gasteiger partial charge in [0, 0.05) is 23.8 Å². The molecule has 1 aromatic heterocycles. The maximum Gasteiger partial charge on any atom is 0.256 e. The fraction of sp³-hybridized carbons (Fsp3) is 0.231. The lowest BCUT2D eigenvalue weighted by molar-refractivity contribution is 0.102. The molecule has 0 radical (unpaired) electrons. The van der Waals surface area contributed by atoms with Crippen LogP contribution in [0.1, 0.15) is 21.6 Å². The van der Waals surface area contributed by atoms with Gasteiger partial charge in [-0.05, 0) is 37.6 Å². The predicted octanol–water partition coefficient (Wildman–Crippen LogP) is 2.94. The molecule has 0 aliphatic rings. The van der Waals surface area contributed by atoms with E-state index in [2.05, 4.69) is 10.4 Å². The van der Waals surface area contributed by atoms with E-state index in [-0.39, 0.29) is 5.91 Å². The van der Waals surface area contributed by atoms with Crippen molar-refractivity contribution in [1.82, 2.24) is 9.78 Å². The van der Waals surface area contributed by atoms with Crippen LogP contribution in [0.15, 0.2) is 24.4 Å². The van der Waals surface area contributed by atoms with Gasteiger partial charge in [0.15, 0.2) is 0 Å². The Labute approximate surface area is 111 Å². The van der Waals surface area contributed by atoms with Crippen LogP contribution in [0.2, 0.25) is 5.02 Å². The lowest BCUT2D eigenvalue weighted by Crippen LogP contribution is -2.13. The lowest BCUT2D eigenvalue weighted by Gasteiger charge is -2.06.